The Morgan fingerprint density at radius 2 is 1.74 bits per heavy atom. The summed E-state index contributed by atoms with van der Waals surface area (Å²) in [7, 11) is 3.99. The first-order valence-corrected chi connectivity index (χ1v) is 11.4. The molecule has 0 bridgehead atoms. The normalized spacial score (nSPS) is 11.0. The summed E-state index contributed by atoms with van der Waals surface area (Å²) in [5.41, 5.74) is 5.63. The van der Waals surface area contributed by atoms with Crippen LogP contribution in [-0.4, -0.2) is 36.8 Å². The number of hydrogen-bond acceptors (Lipinski definition) is 4. The van der Waals surface area contributed by atoms with Gasteiger partial charge in [-0.15, -0.1) is 0 Å². The highest BCUT2D eigenvalue weighted by atomic mass is 16.5. The fourth-order valence-corrected chi connectivity index (χ4v) is 4.15. The van der Waals surface area contributed by atoms with Gasteiger partial charge in [-0.3, -0.25) is 10.1 Å². The minimum atomic E-state index is -0.535. The number of pyridine rings is 1. The Morgan fingerprint density at radius 3 is 2.54 bits per heavy atom. The molecule has 5 rings (SSSR count). The lowest BCUT2D eigenvalue weighted by Crippen LogP contribution is -2.15. The van der Waals surface area contributed by atoms with Crippen molar-refractivity contribution in [1.82, 2.24) is 9.97 Å². The molecule has 0 aliphatic rings. The molecule has 3 N–H and O–H groups in total. The number of carbonyl (C=O) groups excluding carboxylic acids is 1. The molecule has 5 aromatic rings. The van der Waals surface area contributed by atoms with E-state index in [1.54, 1.807) is 12.1 Å². The molecular formula is C28H26N4O3. The number of amides is 1. The van der Waals surface area contributed by atoms with Crippen molar-refractivity contribution in [3.05, 3.63) is 94.9 Å². The molecule has 7 heteroatoms. The molecule has 7 nitrogen and oxygen atoms in total. The first-order valence-electron chi connectivity index (χ1n) is 11.4. The van der Waals surface area contributed by atoms with Crippen LogP contribution in [0.25, 0.3) is 32.9 Å². The number of aromatic amines is 2. The molecule has 0 radical (unpaired) electrons. The molecule has 2 heterocycles. The quantitative estimate of drug-likeness (QED) is 0.307. The molecule has 0 fully saturated rings. The first kappa shape index (κ1) is 22.3. The number of nitrogens with zero attached hydrogens (tertiary/aromatic N) is 1. The lowest BCUT2D eigenvalue weighted by molar-refractivity contribution is 0.163. The van der Waals surface area contributed by atoms with Crippen molar-refractivity contribution in [2.75, 3.05) is 30.9 Å². The average molecular weight is 467 g/mol. The lowest BCUT2D eigenvalue weighted by atomic mass is 10.0. The summed E-state index contributed by atoms with van der Waals surface area (Å²) in [6, 6.07) is 23.3. The fraction of sp³-hybridized carbons (Fsp3) is 0.143. The molecular weight excluding hydrogens is 440 g/mol. The zero-order valence-electron chi connectivity index (χ0n) is 19.6. The van der Waals surface area contributed by atoms with Crippen molar-refractivity contribution in [2.24, 2.45) is 0 Å². The highest BCUT2D eigenvalue weighted by molar-refractivity contribution is 5.98. The molecule has 35 heavy (non-hydrogen) atoms. The maximum atomic E-state index is 12.9. The second kappa shape index (κ2) is 9.38. The average Bonchev–Trinajstić information content (AvgIpc) is 3.28. The zero-order valence-corrected chi connectivity index (χ0v) is 19.6. The topological polar surface area (TPSA) is 90.2 Å². The summed E-state index contributed by atoms with van der Waals surface area (Å²) in [6.07, 6.45) is 1.94. The fourth-order valence-electron chi connectivity index (χ4n) is 4.15. The standard InChI is InChI=1S/C28H26N4O3/c1-32(2)21-11-7-18(8-12-21)13-14-35-28(34)30-20-10-9-19-15-23(27(33)31-26(19)16-20)24-17-29-25-6-4-3-5-22(24)25/h3-12,15-17,29H,13-14H2,1-2H3,(H,30,34)(H,31,33). The van der Waals surface area contributed by atoms with Crippen molar-refractivity contribution in [3.63, 3.8) is 0 Å². The van der Waals surface area contributed by atoms with Crippen LogP contribution in [0.5, 0.6) is 0 Å². The molecule has 176 valence electrons. The number of para-hydroxylation sites is 1. The van der Waals surface area contributed by atoms with Crippen LogP contribution in [0.15, 0.2) is 83.8 Å². The third-order valence-electron chi connectivity index (χ3n) is 6.05. The van der Waals surface area contributed by atoms with E-state index in [9.17, 15) is 9.59 Å². The molecule has 0 spiro atoms. The van der Waals surface area contributed by atoms with Crippen molar-refractivity contribution in [3.8, 4) is 11.1 Å². The van der Waals surface area contributed by atoms with Crippen molar-refractivity contribution in [2.45, 2.75) is 6.42 Å². The molecule has 3 aromatic carbocycles. The van der Waals surface area contributed by atoms with Gasteiger partial charge in [-0.05, 0) is 47.3 Å². The second-order valence-corrected chi connectivity index (χ2v) is 8.63. The summed E-state index contributed by atoms with van der Waals surface area (Å²) < 4.78 is 5.34. The van der Waals surface area contributed by atoms with E-state index < -0.39 is 6.09 Å². The van der Waals surface area contributed by atoms with E-state index in [2.05, 4.69) is 15.3 Å². The number of ether oxygens (including phenoxy) is 1. The third kappa shape index (κ3) is 4.75. The first-order chi connectivity index (χ1) is 17.0. The summed E-state index contributed by atoms with van der Waals surface area (Å²) >= 11 is 0. The van der Waals surface area contributed by atoms with E-state index in [4.69, 9.17) is 4.74 Å². The monoisotopic (exact) mass is 466 g/mol. The van der Waals surface area contributed by atoms with Crippen LogP contribution >= 0.6 is 0 Å². The Morgan fingerprint density at radius 1 is 0.943 bits per heavy atom. The highest BCUT2D eigenvalue weighted by Gasteiger charge is 2.12. The van der Waals surface area contributed by atoms with Crippen LogP contribution in [0.2, 0.25) is 0 Å². The minimum Gasteiger partial charge on any atom is -0.449 e. The van der Waals surface area contributed by atoms with Gasteiger partial charge in [-0.1, -0.05) is 36.4 Å². The summed E-state index contributed by atoms with van der Waals surface area (Å²) in [5, 5.41) is 4.59. The number of fused-ring (bicyclic) bond motifs is 2. The van der Waals surface area contributed by atoms with Crippen LogP contribution in [-0.2, 0) is 11.2 Å². The Kier molecular flexibility index (Phi) is 5.97. The van der Waals surface area contributed by atoms with Gasteiger partial charge in [0.05, 0.1) is 12.1 Å². The number of hydrogen-bond donors (Lipinski definition) is 3. The van der Waals surface area contributed by atoms with E-state index in [-0.39, 0.29) is 12.2 Å². The smallest absolute Gasteiger partial charge is 0.411 e. The van der Waals surface area contributed by atoms with Crippen molar-refractivity contribution in [1.29, 1.82) is 0 Å². The van der Waals surface area contributed by atoms with Gasteiger partial charge in [0.25, 0.3) is 5.56 Å². The highest BCUT2D eigenvalue weighted by Crippen LogP contribution is 2.28. The number of nitrogens with one attached hydrogen (secondary N) is 3. The van der Waals surface area contributed by atoms with Gasteiger partial charge in [-0.2, -0.15) is 0 Å². The molecule has 1 amide bonds. The molecule has 0 unspecified atom stereocenters. The van der Waals surface area contributed by atoms with Crippen LogP contribution in [0.3, 0.4) is 0 Å². The maximum Gasteiger partial charge on any atom is 0.411 e. The van der Waals surface area contributed by atoms with Crippen molar-refractivity contribution >= 4 is 39.3 Å². The van der Waals surface area contributed by atoms with Gasteiger partial charge in [0.15, 0.2) is 0 Å². The van der Waals surface area contributed by atoms with Crippen LogP contribution in [0, 0.1) is 0 Å². The molecule has 0 saturated heterocycles. The molecule has 0 saturated carbocycles. The predicted molar refractivity (Wildman–Crippen MR) is 141 cm³/mol. The molecule has 0 atom stereocenters. The van der Waals surface area contributed by atoms with Gasteiger partial charge < -0.3 is 19.6 Å². The maximum absolute atomic E-state index is 12.9. The van der Waals surface area contributed by atoms with Gasteiger partial charge in [0.1, 0.15) is 0 Å². The number of aromatic nitrogens is 2. The van der Waals surface area contributed by atoms with Gasteiger partial charge in [0.2, 0.25) is 0 Å². The van der Waals surface area contributed by atoms with Gasteiger partial charge >= 0.3 is 6.09 Å². The molecule has 0 aliphatic carbocycles. The zero-order chi connectivity index (χ0) is 24.4. The van der Waals surface area contributed by atoms with Crippen LogP contribution in [0.4, 0.5) is 16.2 Å². The Balaban J connectivity index is 1.26. The predicted octanol–water partition coefficient (Wildman–Crippen LogP) is 5.53. The molecule has 2 aromatic heterocycles. The second-order valence-electron chi connectivity index (χ2n) is 8.63. The number of benzene rings is 3. The summed E-state index contributed by atoms with van der Waals surface area (Å²) in [6.45, 7) is 0.269. The number of rotatable bonds is 6. The van der Waals surface area contributed by atoms with Crippen LogP contribution < -0.4 is 15.8 Å². The third-order valence-corrected chi connectivity index (χ3v) is 6.05. The Bertz CT molecular complexity index is 1570. The lowest BCUT2D eigenvalue weighted by Gasteiger charge is -2.12. The van der Waals surface area contributed by atoms with Gasteiger partial charge in [-0.25, -0.2) is 4.79 Å². The Hall–Kier alpha value is -4.52. The SMILES string of the molecule is CN(C)c1ccc(CCOC(=O)Nc2ccc3cc(-c4c[nH]c5ccccc45)c(=O)[nH]c3c2)cc1. The number of anilines is 2. The summed E-state index contributed by atoms with van der Waals surface area (Å²) in [4.78, 5) is 33.3. The van der Waals surface area contributed by atoms with E-state index in [1.165, 1.54) is 0 Å². The van der Waals surface area contributed by atoms with Gasteiger partial charge in [0, 0.05) is 60.1 Å². The van der Waals surface area contributed by atoms with E-state index >= 15 is 0 Å². The van der Waals surface area contributed by atoms with E-state index in [1.807, 2.05) is 85.9 Å². The minimum absolute atomic E-state index is 0.192. The summed E-state index contributed by atoms with van der Waals surface area (Å²) in [5.74, 6) is 0. The Labute approximate surface area is 202 Å². The number of H-pyrrole nitrogens is 2. The molecule has 0 aliphatic heterocycles. The van der Waals surface area contributed by atoms with Crippen molar-refractivity contribution < 1.29 is 9.53 Å². The largest absolute Gasteiger partial charge is 0.449 e. The van der Waals surface area contributed by atoms with E-state index in [0.29, 0.717) is 23.2 Å². The number of carbonyl (C=O) groups is 1. The van der Waals surface area contributed by atoms with E-state index in [0.717, 1.165) is 33.1 Å². The van der Waals surface area contributed by atoms with Crippen LogP contribution in [0.1, 0.15) is 5.56 Å².